The first-order chi connectivity index (χ1) is 22.6. The maximum absolute atomic E-state index is 13.3. The molecule has 0 aliphatic carbocycles. The Bertz CT molecular complexity index is 1850. The first-order valence-corrected chi connectivity index (χ1v) is 16.8. The van der Waals surface area contributed by atoms with Crippen LogP contribution in [0.4, 0.5) is 0 Å². The van der Waals surface area contributed by atoms with Crippen LogP contribution in [0.2, 0.25) is 0 Å². The number of amides is 4. The van der Waals surface area contributed by atoms with Gasteiger partial charge in [0.05, 0.1) is 16.0 Å². The number of nitrogens with zero attached hydrogens (tertiary/aromatic N) is 5. The highest BCUT2D eigenvalue weighted by Crippen LogP contribution is 2.37. The average molecular weight is 657 g/mol. The minimum atomic E-state index is -0.980. The molecular formula is C34H36N6O6S. The molecule has 12 nitrogen and oxygen atoms in total. The number of hydrogen-bond donors (Lipinski definition) is 1. The maximum atomic E-state index is 13.3. The van der Waals surface area contributed by atoms with Gasteiger partial charge in [-0.3, -0.25) is 48.5 Å². The van der Waals surface area contributed by atoms with E-state index in [0.29, 0.717) is 40.5 Å². The van der Waals surface area contributed by atoms with E-state index in [9.17, 15) is 28.8 Å². The molecule has 0 spiro atoms. The van der Waals surface area contributed by atoms with Gasteiger partial charge in [-0.25, -0.2) is 0 Å². The van der Waals surface area contributed by atoms with Crippen molar-refractivity contribution in [2.75, 3.05) is 0 Å². The number of carbonyl (C=O) groups excluding carboxylic acids is 6. The molecule has 1 N–H and O–H groups in total. The van der Waals surface area contributed by atoms with Crippen molar-refractivity contribution in [2.45, 2.75) is 97.1 Å². The third-order valence-corrected chi connectivity index (χ3v) is 10.4. The zero-order chi connectivity index (χ0) is 33.4. The Labute approximate surface area is 275 Å². The number of aryl methyl sites for hydroxylation is 2. The molecule has 1 saturated heterocycles. The molecule has 1 unspecified atom stereocenters. The second kappa shape index (κ2) is 13.2. The molecule has 5 heterocycles. The topological polar surface area (TPSA) is 161 Å². The summed E-state index contributed by atoms with van der Waals surface area (Å²) in [5, 5.41) is 11.6. The SMILES string of the molecule is CC(=O)C[C@@H]1N=Cc2c(sc(C(=O)CCCCCCCc3cccc4c3C(=O)N(C3CCC(=O)NC3=O)C4=O)c2C)-n2c(C)nnc21. The van der Waals surface area contributed by atoms with Crippen LogP contribution in [0.5, 0.6) is 0 Å². The smallest absolute Gasteiger partial charge is 0.262 e. The van der Waals surface area contributed by atoms with Gasteiger partial charge in [0.1, 0.15) is 28.7 Å². The lowest BCUT2D eigenvalue weighted by atomic mass is 9.97. The van der Waals surface area contributed by atoms with Gasteiger partial charge < -0.3 is 0 Å². The lowest BCUT2D eigenvalue weighted by molar-refractivity contribution is -0.136. The standard InChI is InChI=1S/C34H36N6O6S/c1-18(41)16-24-30-38-37-20(3)39(30)34-23(17-35-24)19(2)29(47-34)26(42)13-8-6-4-5-7-10-21-11-9-12-22-28(21)33(46)40(32(22)45)25-14-15-27(43)36-31(25)44/h9,11-12,17,24-25H,4-8,10,13-16H2,1-3H3,(H,36,43,44)/t24-,25?/m0/s1. The van der Waals surface area contributed by atoms with E-state index in [1.54, 1.807) is 18.3 Å². The van der Waals surface area contributed by atoms with Crippen molar-refractivity contribution in [3.63, 3.8) is 0 Å². The number of imide groups is 2. The summed E-state index contributed by atoms with van der Waals surface area (Å²) >= 11 is 1.42. The van der Waals surface area contributed by atoms with Gasteiger partial charge in [-0.05, 0) is 63.6 Å². The molecule has 244 valence electrons. The Morgan fingerprint density at radius 3 is 2.53 bits per heavy atom. The van der Waals surface area contributed by atoms with E-state index in [0.717, 1.165) is 58.7 Å². The van der Waals surface area contributed by atoms with Gasteiger partial charge in [0.15, 0.2) is 11.6 Å². The largest absolute Gasteiger partial charge is 0.300 e. The van der Waals surface area contributed by atoms with Crippen molar-refractivity contribution in [3.05, 3.63) is 62.5 Å². The van der Waals surface area contributed by atoms with Crippen molar-refractivity contribution in [3.8, 4) is 5.00 Å². The number of aromatic nitrogens is 3. The van der Waals surface area contributed by atoms with E-state index < -0.39 is 35.7 Å². The Morgan fingerprint density at radius 2 is 1.77 bits per heavy atom. The van der Waals surface area contributed by atoms with Crippen molar-refractivity contribution in [1.29, 1.82) is 0 Å². The van der Waals surface area contributed by atoms with Gasteiger partial charge in [-0.1, -0.05) is 31.4 Å². The fraction of sp³-hybridized carbons (Fsp3) is 0.441. The van der Waals surface area contributed by atoms with Gasteiger partial charge in [-0.2, -0.15) is 0 Å². The third kappa shape index (κ3) is 6.11. The molecule has 2 atom stereocenters. The van der Waals surface area contributed by atoms with Crippen LogP contribution < -0.4 is 5.32 Å². The number of Topliss-reactive ketones (excluding diaryl/α,β-unsaturated/α-hetero) is 2. The number of benzene rings is 1. The molecule has 1 aromatic carbocycles. The summed E-state index contributed by atoms with van der Waals surface area (Å²) < 4.78 is 1.92. The van der Waals surface area contributed by atoms with Crippen LogP contribution in [-0.4, -0.2) is 67.1 Å². The van der Waals surface area contributed by atoms with Gasteiger partial charge in [0, 0.05) is 31.0 Å². The van der Waals surface area contributed by atoms with Crippen molar-refractivity contribution >= 4 is 52.7 Å². The first-order valence-electron chi connectivity index (χ1n) is 16.0. The lowest BCUT2D eigenvalue weighted by Crippen LogP contribution is -2.54. The summed E-state index contributed by atoms with van der Waals surface area (Å²) in [6, 6.07) is 3.82. The predicted octanol–water partition coefficient (Wildman–Crippen LogP) is 4.57. The number of nitrogens with one attached hydrogen (secondary N) is 1. The third-order valence-electron chi connectivity index (χ3n) is 9.05. The van der Waals surface area contributed by atoms with Crippen LogP contribution in [0.3, 0.4) is 0 Å². The van der Waals surface area contributed by atoms with E-state index >= 15 is 0 Å². The number of carbonyl (C=O) groups is 6. The molecular weight excluding hydrogens is 620 g/mol. The molecule has 0 radical (unpaired) electrons. The zero-order valence-corrected chi connectivity index (χ0v) is 27.4. The Kier molecular flexibility index (Phi) is 9.09. The van der Waals surface area contributed by atoms with Crippen LogP contribution in [-0.2, 0) is 20.8 Å². The minimum Gasteiger partial charge on any atom is -0.300 e. The number of piperidine rings is 1. The van der Waals surface area contributed by atoms with Crippen molar-refractivity contribution in [2.24, 2.45) is 4.99 Å². The van der Waals surface area contributed by atoms with Gasteiger partial charge >= 0.3 is 0 Å². The summed E-state index contributed by atoms with van der Waals surface area (Å²) in [7, 11) is 0. The molecule has 0 bridgehead atoms. The van der Waals surface area contributed by atoms with Gasteiger partial charge in [0.25, 0.3) is 11.8 Å². The molecule has 1 fully saturated rings. The van der Waals surface area contributed by atoms with E-state index in [2.05, 4.69) is 20.5 Å². The molecule has 47 heavy (non-hydrogen) atoms. The summed E-state index contributed by atoms with van der Waals surface area (Å²) in [5.41, 5.74) is 3.17. The predicted molar refractivity (Wildman–Crippen MR) is 173 cm³/mol. The Balaban J connectivity index is 1.01. The monoisotopic (exact) mass is 656 g/mol. The first kappa shape index (κ1) is 32.3. The van der Waals surface area contributed by atoms with E-state index in [1.807, 2.05) is 24.5 Å². The van der Waals surface area contributed by atoms with E-state index in [1.165, 1.54) is 18.3 Å². The Hall–Kier alpha value is -4.65. The highest BCUT2D eigenvalue weighted by atomic mass is 32.1. The summed E-state index contributed by atoms with van der Waals surface area (Å²) in [6.45, 7) is 5.32. The summed E-state index contributed by atoms with van der Waals surface area (Å²) in [5.74, 6) is -0.595. The maximum Gasteiger partial charge on any atom is 0.262 e. The number of unbranched alkanes of at least 4 members (excludes halogenated alkanes) is 4. The summed E-state index contributed by atoms with van der Waals surface area (Å²) in [4.78, 5) is 81.8. The van der Waals surface area contributed by atoms with Crippen molar-refractivity contribution in [1.82, 2.24) is 25.0 Å². The van der Waals surface area contributed by atoms with Gasteiger partial charge in [-0.15, -0.1) is 21.5 Å². The quantitative estimate of drug-likeness (QED) is 0.169. The molecule has 6 rings (SSSR count). The van der Waals surface area contributed by atoms with E-state index in [-0.39, 0.29) is 30.8 Å². The molecule has 3 aromatic rings. The second-order valence-electron chi connectivity index (χ2n) is 12.4. The van der Waals surface area contributed by atoms with Crippen LogP contribution in [0, 0.1) is 13.8 Å². The highest BCUT2D eigenvalue weighted by molar-refractivity contribution is 7.17. The molecule has 13 heteroatoms. The van der Waals surface area contributed by atoms with Crippen LogP contribution in [0.15, 0.2) is 23.2 Å². The Morgan fingerprint density at radius 1 is 1.00 bits per heavy atom. The average Bonchev–Trinajstić information content (AvgIpc) is 3.61. The number of aliphatic imine (C=N–C) groups is 1. The van der Waals surface area contributed by atoms with E-state index in [4.69, 9.17) is 0 Å². The lowest BCUT2D eigenvalue weighted by Gasteiger charge is -2.27. The fourth-order valence-electron chi connectivity index (χ4n) is 6.63. The minimum absolute atomic E-state index is 0.0192. The molecule has 3 aliphatic heterocycles. The molecule has 3 aliphatic rings. The number of ketones is 2. The number of thiophene rings is 1. The molecule has 4 amide bonds. The van der Waals surface area contributed by atoms with Crippen LogP contribution in [0.1, 0.15) is 129 Å². The molecule has 0 saturated carbocycles. The zero-order valence-electron chi connectivity index (χ0n) is 26.6. The molecule has 2 aromatic heterocycles. The van der Waals surface area contributed by atoms with Gasteiger partial charge in [0.2, 0.25) is 11.8 Å². The second-order valence-corrected chi connectivity index (χ2v) is 13.4. The van der Waals surface area contributed by atoms with Crippen LogP contribution >= 0.6 is 11.3 Å². The number of fused-ring (bicyclic) bond motifs is 4. The number of hydrogen-bond acceptors (Lipinski definition) is 10. The normalized spacial score (nSPS) is 18.6. The van der Waals surface area contributed by atoms with Crippen LogP contribution in [0.25, 0.3) is 5.00 Å². The highest BCUT2D eigenvalue weighted by Gasteiger charge is 2.45. The van der Waals surface area contributed by atoms with Crippen molar-refractivity contribution < 1.29 is 28.8 Å². The fourth-order valence-corrected chi connectivity index (χ4v) is 7.93. The summed E-state index contributed by atoms with van der Waals surface area (Å²) in [6.07, 6.45) is 7.52. The number of rotatable bonds is 12.